The second kappa shape index (κ2) is 8.90. The van der Waals surface area contributed by atoms with Crippen LogP contribution in [0.4, 0.5) is 0 Å². The average molecular weight is 242 g/mol. The van der Waals surface area contributed by atoms with Gasteiger partial charge in [-0.2, -0.15) is 0 Å². The van der Waals surface area contributed by atoms with Crippen LogP contribution in [0, 0.1) is 0 Å². The molecule has 1 N–H and O–H groups in total. The number of rotatable bonds is 8. The molecule has 1 aliphatic rings. The summed E-state index contributed by atoms with van der Waals surface area (Å²) in [7, 11) is 0. The first kappa shape index (κ1) is 14.9. The van der Waals surface area contributed by atoms with Crippen LogP contribution in [0.15, 0.2) is 0 Å². The number of morpholine rings is 1. The largest absolute Gasteiger partial charge is 0.376 e. The summed E-state index contributed by atoms with van der Waals surface area (Å²) >= 11 is 0. The van der Waals surface area contributed by atoms with Gasteiger partial charge in [-0.15, -0.1) is 0 Å². The first-order valence-electron chi connectivity index (χ1n) is 7.37. The van der Waals surface area contributed by atoms with E-state index < -0.39 is 0 Å². The quantitative estimate of drug-likeness (QED) is 0.706. The van der Waals surface area contributed by atoms with E-state index in [1.165, 1.54) is 25.8 Å². The van der Waals surface area contributed by atoms with E-state index in [1.807, 2.05) is 0 Å². The third-order valence-corrected chi connectivity index (χ3v) is 3.48. The van der Waals surface area contributed by atoms with Gasteiger partial charge in [0, 0.05) is 25.7 Å². The average Bonchev–Trinajstić information content (AvgIpc) is 2.36. The van der Waals surface area contributed by atoms with Gasteiger partial charge in [-0.05, 0) is 25.8 Å². The summed E-state index contributed by atoms with van der Waals surface area (Å²) in [5.41, 5.74) is 0. The van der Waals surface area contributed by atoms with E-state index in [9.17, 15) is 0 Å². The summed E-state index contributed by atoms with van der Waals surface area (Å²) < 4.78 is 5.72. The zero-order chi connectivity index (χ0) is 12.5. The molecule has 102 valence electrons. The van der Waals surface area contributed by atoms with Gasteiger partial charge in [0.05, 0.1) is 12.7 Å². The summed E-state index contributed by atoms with van der Waals surface area (Å²) in [6, 6.07) is 0.663. The predicted octanol–water partition coefficient (Wildman–Crippen LogP) is 2.27. The molecule has 0 aromatic carbocycles. The third-order valence-electron chi connectivity index (χ3n) is 3.48. The first-order valence-corrected chi connectivity index (χ1v) is 7.37. The van der Waals surface area contributed by atoms with Crippen LogP contribution in [0.1, 0.15) is 46.5 Å². The minimum atomic E-state index is 0.456. The molecular formula is C14H30N2O. The molecule has 0 saturated carbocycles. The minimum Gasteiger partial charge on any atom is -0.376 e. The molecule has 3 nitrogen and oxygen atoms in total. The van der Waals surface area contributed by atoms with Gasteiger partial charge in [0.1, 0.15) is 0 Å². The molecule has 1 heterocycles. The van der Waals surface area contributed by atoms with Crippen LogP contribution in [0.25, 0.3) is 0 Å². The zero-order valence-corrected chi connectivity index (χ0v) is 11.9. The Bertz CT molecular complexity index is 185. The van der Waals surface area contributed by atoms with Gasteiger partial charge in [-0.1, -0.05) is 27.2 Å². The van der Waals surface area contributed by atoms with Crippen molar-refractivity contribution in [2.45, 2.75) is 58.6 Å². The maximum Gasteiger partial charge on any atom is 0.0700 e. The van der Waals surface area contributed by atoms with Crippen LogP contribution < -0.4 is 5.32 Å². The molecule has 0 radical (unpaired) electrons. The van der Waals surface area contributed by atoms with Gasteiger partial charge in [-0.3, -0.25) is 4.90 Å². The van der Waals surface area contributed by atoms with Crippen molar-refractivity contribution < 1.29 is 4.74 Å². The standard InChI is InChI=1S/C14H30N2O/c1-4-7-13(15-8-5-2)11-16-9-10-17-14(6-3)12-16/h13-15H,4-12H2,1-3H3. The summed E-state index contributed by atoms with van der Waals surface area (Å²) in [5, 5.41) is 3.67. The second-order valence-electron chi connectivity index (χ2n) is 5.10. The van der Waals surface area contributed by atoms with E-state index >= 15 is 0 Å². The fourth-order valence-corrected chi connectivity index (χ4v) is 2.46. The van der Waals surface area contributed by atoms with E-state index in [4.69, 9.17) is 4.74 Å². The van der Waals surface area contributed by atoms with E-state index in [1.54, 1.807) is 0 Å². The molecule has 0 aromatic rings. The van der Waals surface area contributed by atoms with Gasteiger partial charge < -0.3 is 10.1 Å². The lowest BCUT2D eigenvalue weighted by atomic mass is 10.1. The monoisotopic (exact) mass is 242 g/mol. The minimum absolute atomic E-state index is 0.456. The highest BCUT2D eigenvalue weighted by Gasteiger charge is 2.21. The Hall–Kier alpha value is -0.120. The molecule has 0 spiro atoms. The molecule has 1 rings (SSSR count). The Kier molecular flexibility index (Phi) is 7.82. The normalized spacial score (nSPS) is 23.8. The zero-order valence-electron chi connectivity index (χ0n) is 11.9. The van der Waals surface area contributed by atoms with Crippen molar-refractivity contribution in [3.05, 3.63) is 0 Å². The highest BCUT2D eigenvalue weighted by molar-refractivity contribution is 4.76. The van der Waals surface area contributed by atoms with Crippen LogP contribution >= 0.6 is 0 Å². The molecule has 2 unspecified atom stereocenters. The van der Waals surface area contributed by atoms with Crippen LogP contribution in [0.5, 0.6) is 0 Å². The van der Waals surface area contributed by atoms with E-state index in [2.05, 4.69) is 31.0 Å². The Morgan fingerprint density at radius 2 is 2.12 bits per heavy atom. The molecule has 0 bridgehead atoms. The second-order valence-corrected chi connectivity index (χ2v) is 5.10. The van der Waals surface area contributed by atoms with Crippen LogP contribution in [-0.4, -0.2) is 49.8 Å². The van der Waals surface area contributed by atoms with Crippen LogP contribution in [0.3, 0.4) is 0 Å². The van der Waals surface area contributed by atoms with Crippen molar-refractivity contribution in [1.29, 1.82) is 0 Å². The molecule has 0 amide bonds. The number of hydrogen-bond acceptors (Lipinski definition) is 3. The number of ether oxygens (including phenoxy) is 1. The first-order chi connectivity index (χ1) is 8.30. The number of hydrogen-bond donors (Lipinski definition) is 1. The fourth-order valence-electron chi connectivity index (χ4n) is 2.46. The van der Waals surface area contributed by atoms with E-state index in [0.29, 0.717) is 12.1 Å². The highest BCUT2D eigenvalue weighted by atomic mass is 16.5. The van der Waals surface area contributed by atoms with E-state index in [-0.39, 0.29) is 0 Å². The molecule has 1 aliphatic heterocycles. The van der Waals surface area contributed by atoms with Crippen molar-refractivity contribution in [3.8, 4) is 0 Å². The van der Waals surface area contributed by atoms with Crippen molar-refractivity contribution in [3.63, 3.8) is 0 Å². The summed E-state index contributed by atoms with van der Waals surface area (Å²) in [4.78, 5) is 2.57. The van der Waals surface area contributed by atoms with Gasteiger partial charge in [0.15, 0.2) is 0 Å². The van der Waals surface area contributed by atoms with Crippen molar-refractivity contribution >= 4 is 0 Å². The Labute approximate surface area is 107 Å². The predicted molar refractivity (Wildman–Crippen MR) is 73.5 cm³/mol. The SMILES string of the molecule is CCCNC(CCC)CN1CCOC(CC)C1. The molecular weight excluding hydrogens is 212 g/mol. The lowest BCUT2D eigenvalue weighted by molar-refractivity contribution is -0.0323. The lowest BCUT2D eigenvalue weighted by Crippen LogP contribution is -2.48. The van der Waals surface area contributed by atoms with Crippen molar-refractivity contribution in [1.82, 2.24) is 10.2 Å². The smallest absolute Gasteiger partial charge is 0.0700 e. The van der Waals surface area contributed by atoms with Gasteiger partial charge in [-0.25, -0.2) is 0 Å². The highest BCUT2D eigenvalue weighted by Crippen LogP contribution is 2.10. The maximum atomic E-state index is 5.72. The molecule has 2 atom stereocenters. The summed E-state index contributed by atoms with van der Waals surface area (Å²) in [6.07, 6.45) is 5.37. The van der Waals surface area contributed by atoms with E-state index in [0.717, 1.165) is 32.7 Å². The van der Waals surface area contributed by atoms with Crippen LogP contribution in [0.2, 0.25) is 0 Å². The van der Waals surface area contributed by atoms with Gasteiger partial charge in [0.2, 0.25) is 0 Å². The van der Waals surface area contributed by atoms with Gasteiger partial charge in [0.25, 0.3) is 0 Å². The number of nitrogens with one attached hydrogen (secondary N) is 1. The summed E-state index contributed by atoms with van der Waals surface area (Å²) in [5.74, 6) is 0. The molecule has 3 heteroatoms. The van der Waals surface area contributed by atoms with Gasteiger partial charge >= 0.3 is 0 Å². The molecule has 1 saturated heterocycles. The Morgan fingerprint density at radius 3 is 2.76 bits per heavy atom. The van der Waals surface area contributed by atoms with Crippen LogP contribution in [-0.2, 0) is 4.74 Å². The summed E-state index contributed by atoms with van der Waals surface area (Å²) in [6.45, 7) is 12.2. The van der Waals surface area contributed by atoms with Crippen molar-refractivity contribution in [2.75, 3.05) is 32.8 Å². The molecule has 1 fully saturated rings. The Morgan fingerprint density at radius 1 is 1.29 bits per heavy atom. The fraction of sp³-hybridized carbons (Fsp3) is 1.00. The topological polar surface area (TPSA) is 24.5 Å². The molecule has 17 heavy (non-hydrogen) atoms. The molecule has 0 aliphatic carbocycles. The number of nitrogens with zero attached hydrogens (tertiary/aromatic N) is 1. The Balaban J connectivity index is 2.31. The molecule has 0 aromatic heterocycles. The lowest BCUT2D eigenvalue weighted by Gasteiger charge is -2.35. The van der Waals surface area contributed by atoms with Crippen molar-refractivity contribution in [2.24, 2.45) is 0 Å². The third kappa shape index (κ3) is 5.84. The maximum absolute atomic E-state index is 5.72.